The number of thiazole rings is 1. The topological polar surface area (TPSA) is 122 Å². The van der Waals surface area contributed by atoms with E-state index in [0.717, 1.165) is 5.01 Å². The number of guanidine groups is 1. The largest absolute Gasteiger partial charge is 0.462 e. The Bertz CT molecular complexity index is 746. The summed E-state index contributed by atoms with van der Waals surface area (Å²) in [6.45, 7) is 8.32. The van der Waals surface area contributed by atoms with E-state index in [-0.39, 0.29) is 17.8 Å². The number of hydrogen-bond acceptors (Lipinski definition) is 7. The van der Waals surface area contributed by atoms with E-state index >= 15 is 0 Å². The zero-order valence-electron chi connectivity index (χ0n) is 16.5. The van der Waals surface area contributed by atoms with Gasteiger partial charge in [0.25, 0.3) is 0 Å². The van der Waals surface area contributed by atoms with Crippen molar-refractivity contribution in [3.63, 3.8) is 0 Å². The predicted octanol–water partition coefficient (Wildman–Crippen LogP) is 1.18. The van der Waals surface area contributed by atoms with E-state index in [1.165, 1.54) is 11.3 Å². The van der Waals surface area contributed by atoms with Gasteiger partial charge in [-0.3, -0.25) is 4.99 Å². The molecule has 0 amide bonds. The monoisotopic (exact) mass is 419 g/mol. The highest BCUT2D eigenvalue weighted by molar-refractivity contribution is 7.89. The lowest BCUT2D eigenvalue weighted by Crippen LogP contribution is -2.40. The van der Waals surface area contributed by atoms with Crippen LogP contribution in [0.3, 0.4) is 0 Å². The van der Waals surface area contributed by atoms with Gasteiger partial charge in [0.1, 0.15) is 9.88 Å². The molecule has 154 valence electrons. The van der Waals surface area contributed by atoms with Gasteiger partial charge in [0.15, 0.2) is 5.96 Å². The van der Waals surface area contributed by atoms with Gasteiger partial charge in [-0.1, -0.05) is 0 Å². The van der Waals surface area contributed by atoms with Crippen molar-refractivity contribution in [3.8, 4) is 0 Å². The van der Waals surface area contributed by atoms with Crippen LogP contribution in [0.1, 0.15) is 53.6 Å². The molecule has 0 spiro atoms. The van der Waals surface area contributed by atoms with Crippen LogP contribution in [0.5, 0.6) is 0 Å². The van der Waals surface area contributed by atoms with Gasteiger partial charge in [0.2, 0.25) is 10.0 Å². The first-order chi connectivity index (χ1) is 12.7. The van der Waals surface area contributed by atoms with Crippen LogP contribution in [0.4, 0.5) is 0 Å². The first-order valence-corrected chi connectivity index (χ1v) is 11.3. The Morgan fingerprint density at radius 2 is 2.04 bits per heavy atom. The van der Waals surface area contributed by atoms with Crippen LogP contribution < -0.4 is 15.4 Å². The summed E-state index contributed by atoms with van der Waals surface area (Å²) in [5.74, 6) is 0.289. The predicted molar refractivity (Wildman–Crippen MR) is 108 cm³/mol. The van der Waals surface area contributed by atoms with E-state index in [1.54, 1.807) is 27.8 Å². The molecule has 0 aliphatic carbocycles. The Morgan fingerprint density at radius 1 is 1.33 bits per heavy atom. The summed E-state index contributed by atoms with van der Waals surface area (Å²) in [5.41, 5.74) is 0.647. The van der Waals surface area contributed by atoms with Crippen molar-refractivity contribution in [1.29, 1.82) is 0 Å². The summed E-state index contributed by atoms with van der Waals surface area (Å²) in [4.78, 5) is 21.0. The molecule has 0 aromatic carbocycles. The summed E-state index contributed by atoms with van der Waals surface area (Å²) in [6.07, 6.45) is 0.623. The molecule has 0 saturated heterocycles. The Morgan fingerprint density at radius 3 is 2.63 bits per heavy atom. The Balaban J connectivity index is 2.53. The molecule has 9 nitrogen and oxygen atoms in total. The van der Waals surface area contributed by atoms with Crippen molar-refractivity contribution in [2.75, 3.05) is 32.5 Å². The molecule has 1 aromatic heterocycles. The average molecular weight is 420 g/mol. The fourth-order valence-corrected chi connectivity index (χ4v) is 3.70. The van der Waals surface area contributed by atoms with E-state index in [1.807, 2.05) is 6.92 Å². The molecule has 1 unspecified atom stereocenters. The highest BCUT2D eigenvalue weighted by Crippen LogP contribution is 2.24. The standard InChI is InChI=1S/C16H29N5O4S2/c1-6-25-15(22)13-11(3)20-14(26-13)12(4)21-16(17-5)18-9-8-10-19-27(23,24)7-2/h12,19H,6-10H2,1-5H3,(H2,17,18,21). The van der Waals surface area contributed by atoms with Crippen LogP contribution in [0.15, 0.2) is 4.99 Å². The second-order valence-electron chi connectivity index (χ2n) is 5.70. The van der Waals surface area contributed by atoms with Gasteiger partial charge >= 0.3 is 5.97 Å². The quantitative estimate of drug-likeness (QED) is 0.225. The van der Waals surface area contributed by atoms with Gasteiger partial charge in [0, 0.05) is 20.1 Å². The Kier molecular flexibility index (Phi) is 9.67. The Hall–Kier alpha value is -1.72. The molecule has 0 bridgehead atoms. The minimum atomic E-state index is -3.16. The fourth-order valence-electron chi connectivity index (χ4n) is 2.07. The lowest BCUT2D eigenvalue weighted by Gasteiger charge is -2.16. The van der Waals surface area contributed by atoms with Crippen LogP contribution in [-0.2, 0) is 14.8 Å². The Labute approximate surface area is 165 Å². The SMILES string of the molecule is CCOC(=O)c1sc(C(C)NC(=NC)NCCCNS(=O)(=O)CC)nc1C. The van der Waals surface area contributed by atoms with E-state index in [9.17, 15) is 13.2 Å². The maximum atomic E-state index is 11.9. The van der Waals surface area contributed by atoms with Gasteiger partial charge in [-0.2, -0.15) is 0 Å². The number of aryl methyl sites for hydroxylation is 1. The number of carbonyl (C=O) groups excluding carboxylic acids is 1. The number of nitrogens with zero attached hydrogens (tertiary/aromatic N) is 2. The molecule has 1 rings (SSSR count). The van der Waals surface area contributed by atoms with Gasteiger partial charge < -0.3 is 15.4 Å². The highest BCUT2D eigenvalue weighted by Gasteiger charge is 2.20. The molecule has 3 N–H and O–H groups in total. The summed E-state index contributed by atoms with van der Waals surface area (Å²) in [6, 6.07) is -0.151. The summed E-state index contributed by atoms with van der Waals surface area (Å²) in [7, 11) is -1.51. The molecule has 0 aliphatic heterocycles. The van der Waals surface area contributed by atoms with Gasteiger partial charge in [-0.05, 0) is 34.1 Å². The first-order valence-electron chi connectivity index (χ1n) is 8.83. The molecule has 0 saturated carbocycles. The second kappa shape index (κ2) is 11.2. The van der Waals surface area contributed by atoms with Crippen LogP contribution in [0.25, 0.3) is 0 Å². The third kappa shape index (κ3) is 7.81. The molecule has 0 radical (unpaired) electrons. The smallest absolute Gasteiger partial charge is 0.350 e. The maximum Gasteiger partial charge on any atom is 0.350 e. The zero-order valence-corrected chi connectivity index (χ0v) is 18.1. The second-order valence-corrected chi connectivity index (χ2v) is 8.83. The lowest BCUT2D eigenvalue weighted by molar-refractivity contribution is 0.0531. The van der Waals surface area contributed by atoms with Crippen molar-refractivity contribution >= 4 is 33.3 Å². The third-order valence-corrected chi connectivity index (χ3v) is 6.29. The van der Waals surface area contributed by atoms with E-state index in [2.05, 4.69) is 25.3 Å². The van der Waals surface area contributed by atoms with Crippen LogP contribution in [0.2, 0.25) is 0 Å². The van der Waals surface area contributed by atoms with Gasteiger partial charge in [0.05, 0.1) is 24.1 Å². The number of carbonyl (C=O) groups is 1. The molecular formula is C16H29N5O4S2. The van der Waals surface area contributed by atoms with Crippen molar-refractivity contribution in [1.82, 2.24) is 20.3 Å². The molecule has 27 heavy (non-hydrogen) atoms. The number of nitrogens with one attached hydrogen (secondary N) is 3. The minimum absolute atomic E-state index is 0.0716. The number of esters is 1. The minimum Gasteiger partial charge on any atom is -0.462 e. The lowest BCUT2D eigenvalue weighted by atomic mass is 10.3. The third-order valence-electron chi connectivity index (χ3n) is 3.57. The summed E-state index contributed by atoms with van der Waals surface area (Å²) >= 11 is 1.30. The normalized spacial score (nSPS) is 13.3. The van der Waals surface area contributed by atoms with Crippen molar-refractivity contribution in [3.05, 3.63) is 15.6 Å². The zero-order chi connectivity index (χ0) is 20.4. The summed E-state index contributed by atoms with van der Waals surface area (Å²) < 4.78 is 30.3. The number of hydrogen-bond donors (Lipinski definition) is 3. The fraction of sp³-hybridized carbons (Fsp3) is 0.688. The van der Waals surface area contributed by atoms with E-state index in [4.69, 9.17) is 4.74 Å². The number of rotatable bonds is 10. The highest BCUT2D eigenvalue weighted by atomic mass is 32.2. The summed E-state index contributed by atoms with van der Waals surface area (Å²) in [5, 5.41) is 7.10. The van der Waals surface area contributed by atoms with Crippen molar-refractivity contribution in [2.45, 2.75) is 40.2 Å². The van der Waals surface area contributed by atoms with Crippen LogP contribution in [-0.4, -0.2) is 57.8 Å². The van der Waals surface area contributed by atoms with Gasteiger partial charge in [-0.15, -0.1) is 11.3 Å². The number of aliphatic imine (C=N–C) groups is 1. The van der Waals surface area contributed by atoms with Crippen molar-refractivity contribution < 1.29 is 17.9 Å². The molecule has 0 fully saturated rings. The van der Waals surface area contributed by atoms with Crippen LogP contribution >= 0.6 is 11.3 Å². The molecule has 11 heteroatoms. The van der Waals surface area contributed by atoms with Crippen LogP contribution in [0, 0.1) is 6.92 Å². The molecule has 1 atom stereocenters. The average Bonchev–Trinajstić information content (AvgIpc) is 3.02. The van der Waals surface area contributed by atoms with Crippen molar-refractivity contribution in [2.24, 2.45) is 4.99 Å². The maximum absolute atomic E-state index is 11.9. The molecular weight excluding hydrogens is 390 g/mol. The van der Waals surface area contributed by atoms with E-state index < -0.39 is 10.0 Å². The van der Waals surface area contributed by atoms with E-state index in [0.29, 0.717) is 42.6 Å². The number of sulfonamides is 1. The number of aromatic nitrogens is 1. The molecule has 1 aromatic rings. The molecule has 0 aliphatic rings. The molecule has 1 heterocycles. The first kappa shape index (κ1) is 23.3. The number of ether oxygens (including phenoxy) is 1. The van der Waals surface area contributed by atoms with Gasteiger partial charge in [-0.25, -0.2) is 22.9 Å².